The van der Waals surface area contributed by atoms with Gasteiger partial charge in [0.15, 0.2) is 0 Å². The molecule has 0 atom stereocenters. The zero-order valence-electron chi connectivity index (χ0n) is 10.3. The Bertz CT molecular complexity index is 537. The van der Waals surface area contributed by atoms with Crippen LogP contribution in [0.1, 0.15) is 41.0 Å². The molecule has 0 saturated heterocycles. The smallest absolute Gasteiger partial charge is 0.261 e. The molecule has 3 amide bonds. The average molecular weight is 246 g/mol. The Balaban J connectivity index is 2.35. The van der Waals surface area contributed by atoms with E-state index < -0.39 is 0 Å². The van der Waals surface area contributed by atoms with Crippen molar-refractivity contribution in [3.8, 4) is 0 Å². The van der Waals surface area contributed by atoms with Crippen LogP contribution in [0.15, 0.2) is 18.2 Å². The summed E-state index contributed by atoms with van der Waals surface area (Å²) < 4.78 is 0. The zero-order valence-corrected chi connectivity index (χ0v) is 10.3. The molecule has 1 aromatic rings. The molecule has 1 aromatic carbocycles. The minimum Gasteiger partial charge on any atom is -0.326 e. The van der Waals surface area contributed by atoms with Crippen LogP contribution in [-0.4, -0.2) is 29.2 Å². The lowest BCUT2D eigenvalue weighted by Gasteiger charge is -2.08. The maximum Gasteiger partial charge on any atom is 0.261 e. The third kappa shape index (κ3) is 1.88. The number of carbonyl (C=O) groups is 3. The summed E-state index contributed by atoms with van der Waals surface area (Å²) >= 11 is 0. The summed E-state index contributed by atoms with van der Waals surface area (Å²) in [6, 6.07) is 4.77. The van der Waals surface area contributed by atoms with Crippen molar-refractivity contribution in [2.45, 2.75) is 20.3 Å². The van der Waals surface area contributed by atoms with Crippen LogP contribution in [0.4, 0.5) is 5.69 Å². The largest absolute Gasteiger partial charge is 0.326 e. The highest BCUT2D eigenvalue weighted by Gasteiger charge is 2.34. The molecule has 1 aliphatic heterocycles. The number of hydrogen-bond acceptors (Lipinski definition) is 3. The van der Waals surface area contributed by atoms with Gasteiger partial charge < -0.3 is 5.32 Å². The Hall–Kier alpha value is -2.17. The summed E-state index contributed by atoms with van der Waals surface area (Å²) in [7, 11) is 0. The van der Waals surface area contributed by atoms with E-state index in [9.17, 15) is 14.4 Å². The zero-order chi connectivity index (χ0) is 13.3. The number of nitrogens with one attached hydrogen (secondary N) is 1. The van der Waals surface area contributed by atoms with Gasteiger partial charge in [-0.3, -0.25) is 19.3 Å². The van der Waals surface area contributed by atoms with Crippen LogP contribution in [0.25, 0.3) is 0 Å². The average Bonchev–Trinajstić information content (AvgIpc) is 2.61. The Kier molecular flexibility index (Phi) is 3.14. The third-order valence-corrected chi connectivity index (χ3v) is 2.89. The number of rotatable bonds is 3. The third-order valence-electron chi connectivity index (χ3n) is 2.89. The second kappa shape index (κ2) is 4.60. The lowest BCUT2D eigenvalue weighted by atomic mass is 10.1. The summed E-state index contributed by atoms with van der Waals surface area (Å²) in [5, 5.41) is 2.67. The van der Waals surface area contributed by atoms with E-state index in [-0.39, 0.29) is 17.7 Å². The number of fused-ring (bicyclic) bond motifs is 1. The Labute approximate surface area is 105 Å². The first-order valence-electron chi connectivity index (χ1n) is 5.88. The summed E-state index contributed by atoms with van der Waals surface area (Å²) in [6.07, 6.45) is 0.366. The maximum absolute atomic E-state index is 11.9. The number of anilines is 1. The molecule has 94 valence electrons. The van der Waals surface area contributed by atoms with Gasteiger partial charge in [-0.05, 0) is 25.1 Å². The van der Waals surface area contributed by atoms with Gasteiger partial charge in [-0.25, -0.2) is 0 Å². The van der Waals surface area contributed by atoms with Gasteiger partial charge in [0.1, 0.15) is 0 Å². The Morgan fingerprint density at radius 2 is 1.83 bits per heavy atom. The van der Waals surface area contributed by atoms with Gasteiger partial charge in [-0.15, -0.1) is 0 Å². The van der Waals surface area contributed by atoms with Crippen LogP contribution in [0.3, 0.4) is 0 Å². The topological polar surface area (TPSA) is 66.5 Å². The second-order valence-electron chi connectivity index (χ2n) is 4.02. The van der Waals surface area contributed by atoms with Crippen molar-refractivity contribution < 1.29 is 14.4 Å². The molecule has 0 aliphatic carbocycles. The first-order valence-corrected chi connectivity index (χ1v) is 5.88. The van der Waals surface area contributed by atoms with Crippen LogP contribution in [0.2, 0.25) is 0 Å². The van der Waals surface area contributed by atoms with Crippen LogP contribution < -0.4 is 5.32 Å². The Morgan fingerprint density at radius 3 is 2.44 bits per heavy atom. The molecule has 0 spiro atoms. The fourth-order valence-electron chi connectivity index (χ4n) is 1.91. The number of amides is 3. The van der Waals surface area contributed by atoms with E-state index in [0.29, 0.717) is 29.8 Å². The van der Waals surface area contributed by atoms with Gasteiger partial charge >= 0.3 is 0 Å². The van der Waals surface area contributed by atoms with E-state index in [1.54, 1.807) is 32.0 Å². The molecule has 0 radical (unpaired) electrons. The number of hydrogen-bond donors (Lipinski definition) is 1. The molecule has 0 fully saturated rings. The van der Waals surface area contributed by atoms with Gasteiger partial charge in [0.2, 0.25) is 5.91 Å². The fraction of sp³-hybridized carbons (Fsp3) is 0.308. The van der Waals surface area contributed by atoms with Crippen LogP contribution in [0, 0.1) is 0 Å². The van der Waals surface area contributed by atoms with Crippen molar-refractivity contribution >= 4 is 23.4 Å². The maximum atomic E-state index is 11.9. The molecule has 0 unspecified atom stereocenters. The number of nitrogens with zero attached hydrogens (tertiary/aromatic N) is 1. The highest BCUT2D eigenvalue weighted by atomic mass is 16.2. The van der Waals surface area contributed by atoms with E-state index in [1.807, 2.05) is 0 Å². The predicted molar refractivity (Wildman–Crippen MR) is 66.4 cm³/mol. The first-order chi connectivity index (χ1) is 8.58. The van der Waals surface area contributed by atoms with Crippen molar-refractivity contribution in [2.24, 2.45) is 0 Å². The number of benzene rings is 1. The summed E-state index contributed by atoms with van der Waals surface area (Å²) in [5.74, 6) is -0.699. The quantitative estimate of drug-likeness (QED) is 0.825. The molecule has 5 nitrogen and oxygen atoms in total. The van der Waals surface area contributed by atoms with Crippen LogP contribution >= 0.6 is 0 Å². The summed E-state index contributed by atoms with van der Waals surface area (Å²) in [5.41, 5.74) is 1.30. The molecular weight excluding hydrogens is 232 g/mol. The molecule has 0 bridgehead atoms. The molecule has 1 aliphatic rings. The Morgan fingerprint density at radius 1 is 1.17 bits per heavy atom. The normalized spacial score (nSPS) is 13.8. The van der Waals surface area contributed by atoms with Crippen molar-refractivity contribution in [2.75, 3.05) is 11.9 Å². The second-order valence-corrected chi connectivity index (χ2v) is 4.02. The fourth-order valence-corrected chi connectivity index (χ4v) is 1.91. The highest BCUT2D eigenvalue weighted by molar-refractivity contribution is 6.21. The monoisotopic (exact) mass is 246 g/mol. The lowest BCUT2D eigenvalue weighted by Crippen LogP contribution is -2.29. The van der Waals surface area contributed by atoms with Gasteiger partial charge in [-0.1, -0.05) is 6.92 Å². The van der Waals surface area contributed by atoms with E-state index >= 15 is 0 Å². The van der Waals surface area contributed by atoms with E-state index in [4.69, 9.17) is 0 Å². The minimum atomic E-state index is -0.301. The summed E-state index contributed by atoms with van der Waals surface area (Å²) in [4.78, 5) is 36.2. The SMILES string of the molecule is CCC(=O)Nc1ccc2c(c1)C(=O)N(CC)C2=O. The first kappa shape index (κ1) is 12.3. The van der Waals surface area contributed by atoms with Crippen molar-refractivity contribution in [3.63, 3.8) is 0 Å². The molecular formula is C13H14N2O3. The standard InChI is InChI=1S/C13H14N2O3/c1-3-11(16)14-8-5-6-9-10(7-8)13(18)15(4-2)12(9)17/h5-7H,3-4H2,1-2H3,(H,14,16). The lowest BCUT2D eigenvalue weighted by molar-refractivity contribution is -0.115. The molecule has 0 aromatic heterocycles. The van der Waals surface area contributed by atoms with Crippen molar-refractivity contribution in [1.29, 1.82) is 0 Å². The van der Waals surface area contributed by atoms with Crippen molar-refractivity contribution in [1.82, 2.24) is 4.90 Å². The summed E-state index contributed by atoms with van der Waals surface area (Å²) in [6.45, 7) is 3.85. The number of carbonyl (C=O) groups excluding carboxylic acids is 3. The molecule has 0 saturated carbocycles. The molecule has 1 heterocycles. The molecule has 1 N–H and O–H groups in total. The molecule has 2 rings (SSSR count). The highest BCUT2D eigenvalue weighted by Crippen LogP contribution is 2.25. The van der Waals surface area contributed by atoms with Gasteiger partial charge in [-0.2, -0.15) is 0 Å². The van der Waals surface area contributed by atoms with Gasteiger partial charge in [0.05, 0.1) is 11.1 Å². The van der Waals surface area contributed by atoms with E-state index in [1.165, 1.54) is 4.90 Å². The van der Waals surface area contributed by atoms with Crippen LogP contribution in [0.5, 0.6) is 0 Å². The molecule has 18 heavy (non-hydrogen) atoms. The van der Waals surface area contributed by atoms with E-state index in [0.717, 1.165) is 0 Å². The number of imide groups is 1. The predicted octanol–water partition coefficient (Wildman–Crippen LogP) is 1.65. The van der Waals surface area contributed by atoms with Crippen LogP contribution in [-0.2, 0) is 4.79 Å². The van der Waals surface area contributed by atoms with Crippen molar-refractivity contribution in [3.05, 3.63) is 29.3 Å². The molecule has 5 heteroatoms. The minimum absolute atomic E-state index is 0.126. The van der Waals surface area contributed by atoms with Gasteiger partial charge in [0.25, 0.3) is 11.8 Å². The van der Waals surface area contributed by atoms with Gasteiger partial charge in [0, 0.05) is 18.7 Å². The van der Waals surface area contributed by atoms with E-state index in [2.05, 4.69) is 5.32 Å².